The minimum Gasteiger partial charge on any atom is -0.481 e. The standard InChI is InChI=1S/C19H20F2N2O3S/c20-14-6-13(16-10-27-19(22-16)26-9-11-1-2-11)7-15(21)18(14)23-4-3-12(8-23)5-17(24)25/h6-7,10-12H,1-5,8-9H2,(H,24,25). The number of rotatable bonds is 7. The first-order chi connectivity index (χ1) is 13.0. The molecule has 144 valence electrons. The van der Waals surface area contributed by atoms with Crippen LogP contribution in [0.5, 0.6) is 5.19 Å². The molecule has 1 aromatic heterocycles. The molecule has 2 fully saturated rings. The van der Waals surface area contributed by atoms with Gasteiger partial charge in [0.05, 0.1) is 12.3 Å². The highest BCUT2D eigenvalue weighted by Crippen LogP contribution is 2.35. The SMILES string of the molecule is O=C(O)CC1CCN(c2c(F)cc(-c3csc(OCC4CC4)n3)cc2F)C1. The molecule has 5 nitrogen and oxygen atoms in total. The molecule has 1 aromatic carbocycles. The molecule has 0 radical (unpaired) electrons. The molecule has 2 aliphatic rings. The van der Waals surface area contributed by atoms with Gasteiger partial charge in [0, 0.05) is 30.5 Å². The Bertz CT molecular complexity index is 830. The number of benzene rings is 1. The average Bonchev–Trinajstić information content (AvgIpc) is 3.12. The van der Waals surface area contributed by atoms with Crippen molar-refractivity contribution in [2.75, 3.05) is 24.6 Å². The van der Waals surface area contributed by atoms with E-state index >= 15 is 0 Å². The van der Waals surface area contributed by atoms with Gasteiger partial charge in [0.2, 0.25) is 0 Å². The molecule has 1 atom stereocenters. The zero-order chi connectivity index (χ0) is 19.0. The van der Waals surface area contributed by atoms with E-state index in [0.717, 1.165) is 0 Å². The number of carboxylic acid groups (broad SMARTS) is 1. The fourth-order valence-corrected chi connectivity index (χ4v) is 4.08. The van der Waals surface area contributed by atoms with Gasteiger partial charge in [0.25, 0.3) is 5.19 Å². The van der Waals surface area contributed by atoms with E-state index in [2.05, 4.69) is 4.98 Å². The number of carboxylic acids is 1. The van der Waals surface area contributed by atoms with Crippen LogP contribution < -0.4 is 9.64 Å². The molecule has 1 saturated heterocycles. The summed E-state index contributed by atoms with van der Waals surface area (Å²) in [6.07, 6.45) is 2.99. The fraction of sp³-hybridized carbons (Fsp3) is 0.474. The van der Waals surface area contributed by atoms with Crippen molar-refractivity contribution >= 4 is 23.0 Å². The summed E-state index contributed by atoms with van der Waals surface area (Å²) < 4.78 is 34.9. The van der Waals surface area contributed by atoms with E-state index in [9.17, 15) is 13.6 Å². The van der Waals surface area contributed by atoms with Crippen LogP contribution in [0.25, 0.3) is 11.3 Å². The van der Waals surface area contributed by atoms with Crippen LogP contribution in [-0.4, -0.2) is 35.8 Å². The maximum Gasteiger partial charge on any atom is 0.303 e. The van der Waals surface area contributed by atoms with E-state index in [1.807, 2.05) is 0 Å². The molecule has 1 unspecified atom stereocenters. The van der Waals surface area contributed by atoms with Crippen molar-refractivity contribution < 1.29 is 23.4 Å². The predicted octanol–water partition coefficient (Wildman–Crippen LogP) is 4.18. The number of ether oxygens (including phenoxy) is 1. The van der Waals surface area contributed by atoms with Crippen LogP contribution >= 0.6 is 11.3 Å². The van der Waals surface area contributed by atoms with Gasteiger partial charge in [-0.3, -0.25) is 4.79 Å². The van der Waals surface area contributed by atoms with E-state index < -0.39 is 17.6 Å². The molecule has 1 aliphatic heterocycles. The molecule has 0 amide bonds. The van der Waals surface area contributed by atoms with Crippen LogP contribution in [0.1, 0.15) is 25.7 Å². The lowest BCUT2D eigenvalue weighted by atomic mass is 10.1. The fourth-order valence-electron chi connectivity index (χ4n) is 3.39. The van der Waals surface area contributed by atoms with Crippen LogP contribution in [0.15, 0.2) is 17.5 Å². The lowest BCUT2D eigenvalue weighted by Crippen LogP contribution is -2.23. The molecular formula is C19H20F2N2O3S. The van der Waals surface area contributed by atoms with E-state index in [0.29, 0.717) is 48.5 Å². The molecule has 1 aliphatic carbocycles. The van der Waals surface area contributed by atoms with Crippen molar-refractivity contribution in [3.05, 3.63) is 29.1 Å². The van der Waals surface area contributed by atoms with Crippen LogP contribution in [-0.2, 0) is 4.79 Å². The minimum absolute atomic E-state index is 0.0142. The highest BCUT2D eigenvalue weighted by atomic mass is 32.1. The van der Waals surface area contributed by atoms with Crippen molar-refractivity contribution in [2.24, 2.45) is 11.8 Å². The predicted molar refractivity (Wildman–Crippen MR) is 98.3 cm³/mol. The summed E-state index contributed by atoms with van der Waals surface area (Å²) in [5, 5.41) is 11.1. The third kappa shape index (κ3) is 4.21. The van der Waals surface area contributed by atoms with Crippen LogP contribution in [0, 0.1) is 23.5 Å². The molecule has 8 heteroatoms. The van der Waals surface area contributed by atoms with Crippen molar-refractivity contribution in [3.8, 4) is 16.5 Å². The Morgan fingerprint density at radius 1 is 1.26 bits per heavy atom. The number of hydrogen-bond donors (Lipinski definition) is 1. The highest BCUT2D eigenvalue weighted by Gasteiger charge is 2.29. The number of aliphatic carboxylic acids is 1. The number of carbonyl (C=O) groups is 1. The quantitative estimate of drug-likeness (QED) is 0.763. The summed E-state index contributed by atoms with van der Waals surface area (Å²) >= 11 is 1.32. The Morgan fingerprint density at radius 2 is 2.00 bits per heavy atom. The number of hydrogen-bond acceptors (Lipinski definition) is 5. The Hall–Kier alpha value is -2.22. The molecule has 1 N–H and O–H groups in total. The monoisotopic (exact) mass is 394 g/mol. The second-order valence-corrected chi connectivity index (χ2v) is 8.06. The summed E-state index contributed by atoms with van der Waals surface area (Å²) in [6.45, 7) is 1.43. The molecule has 0 spiro atoms. The van der Waals surface area contributed by atoms with Gasteiger partial charge >= 0.3 is 5.97 Å². The minimum atomic E-state index is -0.888. The van der Waals surface area contributed by atoms with E-state index in [1.165, 1.54) is 36.3 Å². The summed E-state index contributed by atoms with van der Waals surface area (Å²) in [6, 6.07) is 2.56. The third-order valence-corrected chi connectivity index (χ3v) is 5.75. The van der Waals surface area contributed by atoms with Crippen molar-refractivity contribution in [1.29, 1.82) is 0 Å². The zero-order valence-corrected chi connectivity index (χ0v) is 15.5. The molecular weight excluding hydrogens is 374 g/mol. The Morgan fingerprint density at radius 3 is 2.67 bits per heavy atom. The summed E-state index contributed by atoms with van der Waals surface area (Å²) in [5.74, 6) is -1.69. The van der Waals surface area contributed by atoms with Gasteiger partial charge in [-0.1, -0.05) is 11.3 Å². The number of nitrogens with zero attached hydrogens (tertiary/aromatic N) is 2. The second-order valence-electron chi connectivity index (χ2n) is 7.24. The van der Waals surface area contributed by atoms with Gasteiger partial charge in [0.1, 0.15) is 17.3 Å². The van der Waals surface area contributed by atoms with Crippen LogP contribution in [0.4, 0.5) is 14.5 Å². The number of aromatic nitrogens is 1. The van der Waals surface area contributed by atoms with E-state index in [1.54, 1.807) is 10.3 Å². The Labute approximate surface area is 159 Å². The summed E-state index contributed by atoms with van der Waals surface area (Å²) in [7, 11) is 0. The van der Waals surface area contributed by atoms with Crippen molar-refractivity contribution in [3.63, 3.8) is 0 Å². The third-order valence-electron chi connectivity index (χ3n) is 5.00. The smallest absolute Gasteiger partial charge is 0.303 e. The first-order valence-electron chi connectivity index (χ1n) is 9.04. The molecule has 4 rings (SSSR count). The van der Waals surface area contributed by atoms with E-state index in [4.69, 9.17) is 9.84 Å². The lowest BCUT2D eigenvalue weighted by molar-refractivity contribution is -0.137. The maximum atomic E-state index is 14.7. The van der Waals surface area contributed by atoms with Crippen molar-refractivity contribution in [2.45, 2.75) is 25.7 Å². The number of anilines is 1. The van der Waals surface area contributed by atoms with Gasteiger partial charge in [0.15, 0.2) is 0 Å². The van der Waals surface area contributed by atoms with Crippen LogP contribution in [0.2, 0.25) is 0 Å². The molecule has 1 saturated carbocycles. The van der Waals surface area contributed by atoms with E-state index in [-0.39, 0.29) is 18.0 Å². The normalized spacial score (nSPS) is 19.5. The highest BCUT2D eigenvalue weighted by molar-refractivity contribution is 7.11. The van der Waals surface area contributed by atoms with Gasteiger partial charge in [-0.15, -0.1) is 0 Å². The van der Waals surface area contributed by atoms with Gasteiger partial charge in [-0.2, -0.15) is 0 Å². The zero-order valence-electron chi connectivity index (χ0n) is 14.7. The first kappa shape index (κ1) is 18.2. The first-order valence-corrected chi connectivity index (χ1v) is 9.92. The summed E-state index contributed by atoms with van der Waals surface area (Å²) in [4.78, 5) is 16.7. The van der Waals surface area contributed by atoms with Gasteiger partial charge < -0.3 is 14.7 Å². The Balaban J connectivity index is 1.49. The lowest BCUT2D eigenvalue weighted by Gasteiger charge is -2.20. The molecule has 2 aromatic rings. The van der Waals surface area contributed by atoms with Crippen LogP contribution in [0.3, 0.4) is 0 Å². The van der Waals surface area contributed by atoms with Gasteiger partial charge in [-0.05, 0) is 43.2 Å². The Kier molecular flexibility index (Phi) is 4.99. The largest absolute Gasteiger partial charge is 0.481 e. The average molecular weight is 394 g/mol. The summed E-state index contributed by atoms with van der Waals surface area (Å²) in [5.41, 5.74) is 0.764. The second kappa shape index (κ2) is 7.42. The maximum absolute atomic E-state index is 14.7. The molecule has 27 heavy (non-hydrogen) atoms. The topological polar surface area (TPSA) is 62.7 Å². The van der Waals surface area contributed by atoms with Gasteiger partial charge in [-0.25, -0.2) is 13.8 Å². The molecule has 2 heterocycles. The van der Waals surface area contributed by atoms with Crippen molar-refractivity contribution in [1.82, 2.24) is 4.98 Å². The number of thiazole rings is 1. The number of halogens is 2. The molecule has 0 bridgehead atoms.